The molecule has 1 aliphatic rings. The van der Waals surface area contributed by atoms with E-state index in [0.29, 0.717) is 30.9 Å². The van der Waals surface area contributed by atoms with E-state index in [0.717, 1.165) is 0 Å². The van der Waals surface area contributed by atoms with Gasteiger partial charge in [-0.15, -0.1) is 6.58 Å². The summed E-state index contributed by atoms with van der Waals surface area (Å²) in [6, 6.07) is 3.72. The Bertz CT molecular complexity index is 670. The zero-order valence-electron chi connectivity index (χ0n) is 14.8. The summed E-state index contributed by atoms with van der Waals surface area (Å²) in [5, 5.41) is 5.27. The molecule has 1 aromatic carbocycles. The summed E-state index contributed by atoms with van der Waals surface area (Å²) in [5.41, 5.74) is 0.0290. The molecule has 6 nitrogen and oxygen atoms in total. The number of nitrogens with zero attached hydrogens (tertiary/aromatic N) is 1. The molecule has 136 valence electrons. The van der Waals surface area contributed by atoms with Crippen molar-refractivity contribution in [1.29, 1.82) is 0 Å². The highest BCUT2D eigenvalue weighted by atomic mass is 19.1. The van der Waals surface area contributed by atoms with Crippen LogP contribution in [0.1, 0.15) is 27.2 Å². The van der Waals surface area contributed by atoms with Crippen LogP contribution in [0.15, 0.2) is 30.9 Å². The number of halogens is 1. The number of benzene rings is 1. The normalized spacial score (nSPS) is 17.7. The minimum absolute atomic E-state index is 0.312. The van der Waals surface area contributed by atoms with Gasteiger partial charge in [-0.2, -0.15) is 0 Å². The third-order valence-electron chi connectivity index (χ3n) is 3.61. The van der Waals surface area contributed by atoms with Gasteiger partial charge in [0.1, 0.15) is 17.5 Å². The molecule has 2 N–H and O–H groups in total. The van der Waals surface area contributed by atoms with Gasteiger partial charge in [0, 0.05) is 13.1 Å². The lowest BCUT2D eigenvalue weighted by Crippen LogP contribution is -2.48. The number of para-hydroxylation sites is 1. The summed E-state index contributed by atoms with van der Waals surface area (Å²) in [5.74, 6) is -0.825. The molecule has 0 bridgehead atoms. The Morgan fingerprint density at radius 3 is 2.88 bits per heavy atom. The predicted octanol–water partition coefficient (Wildman–Crippen LogP) is 3.05. The van der Waals surface area contributed by atoms with Crippen molar-refractivity contribution in [2.75, 3.05) is 23.3 Å². The molecule has 0 spiro atoms. The van der Waals surface area contributed by atoms with Gasteiger partial charge in [-0.3, -0.25) is 4.79 Å². The maximum absolute atomic E-state index is 14.3. The molecule has 2 amide bonds. The third-order valence-corrected chi connectivity index (χ3v) is 3.61. The van der Waals surface area contributed by atoms with Crippen molar-refractivity contribution in [3.05, 3.63) is 36.7 Å². The number of ether oxygens (including phenoxy) is 1. The molecule has 1 atom stereocenters. The summed E-state index contributed by atoms with van der Waals surface area (Å²) in [4.78, 5) is 26.2. The molecule has 7 heteroatoms. The van der Waals surface area contributed by atoms with Gasteiger partial charge >= 0.3 is 6.09 Å². The largest absolute Gasteiger partial charge is 0.444 e. The van der Waals surface area contributed by atoms with E-state index in [1.165, 1.54) is 12.1 Å². The number of hydrogen-bond acceptors (Lipinski definition) is 4. The molecule has 2 rings (SSSR count). The molecule has 25 heavy (non-hydrogen) atoms. The molecule has 0 saturated carbocycles. The van der Waals surface area contributed by atoms with E-state index in [9.17, 15) is 14.0 Å². The smallest absolute Gasteiger partial charge is 0.408 e. The molecule has 0 radical (unpaired) electrons. The number of amides is 2. The van der Waals surface area contributed by atoms with E-state index in [-0.39, 0.29) is 0 Å². The van der Waals surface area contributed by atoms with Crippen molar-refractivity contribution in [1.82, 2.24) is 5.32 Å². The molecule has 0 unspecified atom stereocenters. The van der Waals surface area contributed by atoms with Crippen LogP contribution in [0.2, 0.25) is 0 Å². The van der Waals surface area contributed by atoms with Gasteiger partial charge in [0.25, 0.3) is 0 Å². The topological polar surface area (TPSA) is 70.7 Å². The van der Waals surface area contributed by atoms with Gasteiger partial charge in [-0.05, 0) is 39.3 Å². The molecular weight excluding hydrogens is 325 g/mol. The maximum atomic E-state index is 14.3. The predicted molar refractivity (Wildman–Crippen MR) is 95.2 cm³/mol. The minimum atomic E-state index is -0.779. The first-order valence-electron chi connectivity index (χ1n) is 8.16. The van der Waals surface area contributed by atoms with Crippen LogP contribution >= 0.6 is 0 Å². The van der Waals surface area contributed by atoms with E-state index in [2.05, 4.69) is 17.2 Å². The summed E-state index contributed by atoms with van der Waals surface area (Å²) >= 11 is 0. The van der Waals surface area contributed by atoms with Gasteiger partial charge in [0.15, 0.2) is 0 Å². The second kappa shape index (κ2) is 7.55. The zero-order chi connectivity index (χ0) is 18.6. The van der Waals surface area contributed by atoms with Crippen LogP contribution in [0.4, 0.5) is 20.6 Å². The van der Waals surface area contributed by atoms with Gasteiger partial charge in [-0.1, -0.05) is 12.1 Å². The summed E-state index contributed by atoms with van der Waals surface area (Å²) < 4.78 is 19.5. The molecule has 0 aliphatic carbocycles. The van der Waals surface area contributed by atoms with Gasteiger partial charge in [-0.25, -0.2) is 9.18 Å². The fraction of sp³-hybridized carbons (Fsp3) is 0.444. The molecule has 0 saturated heterocycles. The summed E-state index contributed by atoms with van der Waals surface area (Å²) in [6.07, 6.45) is 1.31. The number of carbonyl (C=O) groups excluding carboxylic acids is 2. The van der Waals surface area contributed by atoms with E-state index in [1.807, 2.05) is 0 Å². The van der Waals surface area contributed by atoms with Crippen LogP contribution in [-0.4, -0.2) is 36.7 Å². The highest BCUT2D eigenvalue weighted by molar-refractivity contribution is 5.99. The maximum Gasteiger partial charge on any atom is 0.408 e. The first-order chi connectivity index (χ1) is 11.7. The standard InChI is InChI=1S/C18H24FN3O3/c1-5-10-22-11-9-14(21-17(24)25-18(2,3)4)16(23)20-13-8-6-7-12(19)15(13)22/h5-8,14H,1,9-11H2,2-4H3,(H,20,23)(H,21,24)/t14-/m0/s1. The highest BCUT2D eigenvalue weighted by Gasteiger charge is 2.29. The molecule has 0 aromatic heterocycles. The van der Waals surface area contributed by atoms with Crippen molar-refractivity contribution in [2.24, 2.45) is 0 Å². The average molecular weight is 349 g/mol. The molecule has 1 heterocycles. The number of carbonyl (C=O) groups is 2. The van der Waals surface area contributed by atoms with Crippen LogP contribution in [-0.2, 0) is 9.53 Å². The fourth-order valence-electron chi connectivity index (χ4n) is 2.61. The Hall–Kier alpha value is -2.57. The van der Waals surface area contributed by atoms with Gasteiger partial charge in [0.2, 0.25) is 5.91 Å². The van der Waals surface area contributed by atoms with E-state index in [4.69, 9.17) is 4.74 Å². The zero-order valence-corrected chi connectivity index (χ0v) is 14.8. The number of hydrogen-bond donors (Lipinski definition) is 2. The lowest BCUT2D eigenvalue weighted by Gasteiger charge is -2.31. The number of nitrogens with one attached hydrogen (secondary N) is 2. The van der Waals surface area contributed by atoms with Crippen molar-refractivity contribution in [3.63, 3.8) is 0 Å². The first kappa shape index (κ1) is 18.8. The second-order valence-corrected chi connectivity index (χ2v) is 6.85. The minimum Gasteiger partial charge on any atom is -0.444 e. The van der Waals surface area contributed by atoms with Crippen molar-refractivity contribution in [2.45, 2.75) is 38.8 Å². The highest BCUT2D eigenvalue weighted by Crippen LogP contribution is 2.31. The number of rotatable bonds is 3. The van der Waals surface area contributed by atoms with Gasteiger partial charge < -0.3 is 20.3 Å². The van der Waals surface area contributed by atoms with Crippen LogP contribution in [0.3, 0.4) is 0 Å². The monoisotopic (exact) mass is 349 g/mol. The number of alkyl carbamates (subject to hydrolysis) is 1. The number of anilines is 2. The average Bonchev–Trinajstić information content (AvgIpc) is 2.47. The van der Waals surface area contributed by atoms with Crippen molar-refractivity contribution < 1.29 is 18.7 Å². The Morgan fingerprint density at radius 1 is 1.52 bits per heavy atom. The van der Waals surface area contributed by atoms with Crippen molar-refractivity contribution >= 4 is 23.4 Å². The lowest BCUT2D eigenvalue weighted by molar-refractivity contribution is -0.118. The quantitative estimate of drug-likeness (QED) is 0.823. The first-order valence-corrected chi connectivity index (χ1v) is 8.16. The molecule has 0 fully saturated rings. The third kappa shape index (κ3) is 4.95. The molecule has 1 aliphatic heterocycles. The summed E-state index contributed by atoms with van der Waals surface area (Å²) in [6.45, 7) is 9.73. The van der Waals surface area contributed by atoms with Gasteiger partial charge in [0.05, 0.1) is 11.4 Å². The Balaban J connectivity index is 2.22. The van der Waals surface area contributed by atoms with E-state index < -0.39 is 29.5 Å². The lowest BCUT2D eigenvalue weighted by atomic mass is 10.1. The summed E-state index contributed by atoms with van der Waals surface area (Å²) in [7, 11) is 0. The van der Waals surface area contributed by atoms with E-state index in [1.54, 1.807) is 37.8 Å². The molecular formula is C18H24FN3O3. The number of fused-ring (bicyclic) bond motifs is 1. The Kier molecular flexibility index (Phi) is 5.66. The van der Waals surface area contributed by atoms with Crippen LogP contribution in [0.25, 0.3) is 0 Å². The van der Waals surface area contributed by atoms with E-state index >= 15 is 0 Å². The van der Waals surface area contributed by atoms with Crippen LogP contribution < -0.4 is 15.5 Å². The SMILES string of the molecule is C=CCN1CC[C@H](NC(=O)OC(C)(C)C)C(=O)Nc2cccc(F)c21. The second-order valence-electron chi connectivity index (χ2n) is 6.85. The Labute approximate surface area is 147 Å². The fourth-order valence-corrected chi connectivity index (χ4v) is 2.61. The van der Waals surface area contributed by atoms with Crippen molar-refractivity contribution in [3.8, 4) is 0 Å². The van der Waals surface area contributed by atoms with Crippen LogP contribution in [0.5, 0.6) is 0 Å². The van der Waals surface area contributed by atoms with Crippen LogP contribution in [0, 0.1) is 5.82 Å². The Morgan fingerprint density at radius 2 is 2.24 bits per heavy atom. The molecule has 1 aromatic rings.